The molecule has 0 atom stereocenters. The topological polar surface area (TPSA) is 86.7 Å². The van der Waals surface area contributed by atoms with Gasteiger partial charge in [0.15, 0.2) is 0 Å². The largest absolute Gasteiger partial charge is 0.411 e. The van der Waals surface area contributed by atoms with Crippen molar-refractivity contribution in [3.05, 3.63) is 63.4 Å². The molecular weight excluding hydrogens is 406 g/mol. The predicted molar refractivity (Wildman–Crippen MR) is 97.1 cm³/mol. The van der Waals surface area contributed by atoms with E-state index in [0.717, 1.165) is 10.0 Å². The Morgan fingerprint density at radius 1 is 1.04 bits per heavy atom. The Balaban J connectivity index is 1.56. The second-order valence-electron chi connectivity index (χ2n) is 5.04. The van der Waals surface area contributed by atoms with E-state index in [9.17, 15) is 4.79 Å². The number of hydrogen-bond acceptors (Lipinski definition) is 7. The lowest BCUT2D eigenvalue weighted by Gasteiger charge is -2.02. The number of aromatic nitrogens is 5. The van der Waals surface area contributed by atoms with Gasteiger partial charge in [0.25, 0.3) is 10.8 Å². The van der Waals surface area contributed by atoms with Crippen LogP contribution in [0.1, 0.15) is 0 Å². The quantitative estimate of drug-likeness (QED) is 0.472. The van der Waals surface area contributed by atoms with Crippen molar-refractivity contribution in [2.24, 2.45) is 0 Å². The van der Waals surface area contributed by atoms with Gasteiger partial charge in [-0.15, -0.1) is 15.3 Å². The fourth-order valence-electron chi connectivity index (χ4n) is 2.24. The summed E-state index contributed by atoms with van der Waals surface area (Å²) in [5.41, 5.74) is 1.18. The number of hydrogen-bond donors (Lipinski definition) is 0. The van der Waals surface area contributed by atoms with E-state index in [1.54, 1.807) is 18.2 Å². The molecule has 2 aromatic heterocycles. The molecule has 0 saturated heterocycles. The summed E-state index contributed by atoms with van der Waals surface area (Å²) in [5, 5.41) is 16.9. The number of benzene rings is 2. The Kier molecular flexibility index (Phi) is 4.33. The highest BCUT2D eigenvalue weighted by atomic mass is 79.9. The van der Waals surface area contributed by atoms with Gasteiger partial charge in [-0.05, 0) is 52.0 Å². The molecule has 0 saturated carbocycles. The van der Waals surface area contributed by atoms with Gasteiger partial charge in [0.05, 0.1) is 10.9 Å². The molecule has 0 spiro atoms. The molecule has 124 valence electrons. The van der Waals surface area contributed by atoms with Gasteiger partial charge in [0, 0.05) is 4.47 Å². The van der Waals surface area contributed by atoms with E-state index in [1.165, 1.54) is 16.4 Å². The van der Waals surface area contributed by atoms with Gasteiger partial charge in [-0.3, -0.25) is 4.79 Å². The van der Waals surface area contributed by atoms with Crippen LogP contribution in [0.3, 0.4) is 0 Å². The van der Waals surface area contributed by atoms with Crippen LogP contribution in [0.4, 0.5) is 0 Å². The maximum absolute atomic E-state index is 12.4. The molecule has 25 heavy (non-hydrogen) atoms. The van der Waals surface area contributed by atoms with Gasteiger partial charge in [-0.25, -0.2) is 0 Å². The van der Waals surface area contributed by atoms with Crippen molar-refractivity contribution in [3.8, 4) is 11.5 Å². The predicted octanol–water partition coefficient (Wildman–Crippen LogP) is 3.35. The average molecular weight is 416 g/mol. The van der Waals surface area contributed by atoms with Gasteiger partial charge in [0.2, 0.25) is 5.89 Å². The molecule has 4 rings (SSSR count). The molecular formula is C16H10BrN5O2S. The van der Waals surface area contributed by atoms with Crippen LogP contribution in [-0.4, -0.2) is 25.2 Å². The molecule has 0 amide bonds. The van der Waals surface area contributed by atoms with Crippen LogP contribution in [0.2, 0.25) is 0 Å². The zero-order valence-corrected chi connectivity index (χ0v) is 15.1. The summed E-state index contributed by atoms with van der Waals surface area (Å²) in [6.45, 7) is 0. The van der Waals surface area contributed by atoms with Gasteiger partial charge in [-0.2, -0.15) is 4.68 Å². The van der Waals surface area contributed by atoms with Gasteiger partial charge in [-0.1, -0.05) is 29.5 Å². The third kappa shape index (κ3) is 3.20. The third-order valence-corrected chi connectivity index (χ3v) is 4.93. The summed E-state index contributed by atoms with van der Waals surface area (Å²) in [4.78, 5) is 12.4. The lowest BCUT2D eigenvalue weighted by Crippen LogP contribution is -2.23. The normalized spacial score (nSPS) is 11.1. The van der Waals surface area contributed by atoms with Gasteiger partial charge < -0.3 is 4.42 Å². The lowest BCUT2D eigenvalue weighted by atomic mass is 10.2. The van der Waals surface area contributed by atoms with E-state index in [1.807, 2.05) is 30.3 Å². The molecule has 0 aliphatic heterocycles. The first-order chi connectivity index (χ1) is 12.2. The Morgan fingerprint density at radius 2 is 1.84 bits per heavy atom. The second-order valence-corrected chi connectivity index (χ2v) is 6.79. The van der Waals surface area contributed by atoms with Crippen molar-refractivity contribution >= 4 is 38.6 Å². The average Bonchev–Trinajstić information content (AvgIpc) is 3.10. The number of nitrogens with zero attached hydrogens (tertiary/aromatic N) is 5. The highest BCUT2D eigenvalue weighted by Gasteiger charge is 2.13. The molecule has 0 aliphatic carbocycles. The number of fused-ring (bicyclic) bond motifs is 1. The SMILES string of the molecule is O=c1c2ccccc2nnn1CSc1nnc(-c2ccccc2Br)o1. The van der Waals surface area contributed by atoms with Gasteiger partial charge in [0.1, 0.15) is 11.4 Å². The summed E-state index contributed by atoms with van der Waals surface area (Å²) in [6, 6.07) is 14.7. The van der Waals surface area contributed by atoms with Crippen LogP contribution in [0.5, 0.6) is 0 Å². The van der Waals surface area contributed by atoms with Gasteiger partial charge >= 0.3 is 0 Å². The maximum atomic E-state index is 12.4. The highest BCUT2D eigenvalue weighted by molar-refractivity contribution is 9.10. The molecule has 0 N–H and O–H groups in total. The zero-order valence-electron chi connectivity index (χ0n) is 12.7. The van der Waals surface area contributed by atoms with Crippen LogP contribution < -0.4 is 5.56 Å². The zero-order chi connectivity index (χ0) is 17.2. The van der Waals surface area contributed by atoms with Crippen molar-refractivity contribution < 1.29 is 4.42 Å². The fourth-order valence-corrected chi connectivity index (χ4v) is 3.33. The number of thioether (sulfide) groups is 1. The molecule has 0 bridgehead atoms. The highest BCUT2D eigenvalue weighted by Crippen LogP contribution is 2.29. The molecule has 0 aliphatic rings. The van der Waals surface area contributed by atoms with Crippen molar-refractivity contribution in [1.29, 1.82) is 0 Å². The Bertz CT molecular complexity index is 1110. The molecule has 2 aromatic carbocycles. The van der Waals surface area contributed by atoms with Crippen LogP contribution in [0.15, 0.2) is 67.4 Å². The molecule has 0 unspecified atom stereocenters. The van der Waals surface area contributed by atoms with Crippen LogP contribution >= 0.6 is 27.7 Å². The monoisotopic (exact) mass is 415 g/mol. The molecule has 9 heteroatoms. The minimum atomic E-state index is -0.205. The van der Waals surface area contributed by atoms with Crippen molar-refractivity contribution in [3.63, 3.8) is 0 Å². The maximum Gasteiger partial charge on any atom is 0.278 e. The van der Waals surface area contributed by atoms with E-state index in [-0.39, 0.29) is 11.4 Å². The first-order valence-electron chi connectivity index (χ1n) is 7.26. The first kappa shape index (κ1) is 16.0. The molecule has 0 radical (unpaired) electrons. The number of rotatable bonds is 4. The summed E-state index contributed by atoms with van der Waals surface area (Å²) in [6.07, 6.45) is 0. The van der Waals surface area contributed by atoms with E-state index < -0.39 is 0 Å². The summed E-state index contributed by atoms with van der Waals surface area (Å²) < 4.78 is 7.79. The van der Waals surface area contributed by atoms with E-state index in [2.05, 4.69) is 36.4 Å². The Hall–Kier alpha value is -2.52. The van der Waals surface area contributed by atoms with Crippen molar-refractivity contribution in [2.75, 3.05) is 0 Å². The summed E-state index contributed by atoms with van der Waals surface area (Å²) in [5.74, 6) is 0.640. The fraction of sp³-hybridized carbons (Fsp3) is 0.0625. The smallest absolute Gasteiger partial charge is 0.278 e. The molecule has 2 heterocycles. The first-order valence-corrected chi connectivity index (χ1v) is 9.04. The minimum absolute atomic E-state index is 0.205. The molecule has 7 nitrogen and oxygen atoms in total. The third-order valence-electron chi connectivity index (χ3n) is 3.45. The standard InChI is InChI=1S/C16H10BrN5O2S/c17-12-7-3-1-5-10(12)14-19-20-16(24-14)25-9-22-15(23)11-6-2-4-8-13(11)18-21-22/h1-8H,9H2. The van der Waals surface area contributed by atoms with Crippen LogP contribution in [0, 0.1) is 0 Å². The van der Waals surface area contributed by atoms with E-state index >= 15 is 0 Å². The summed E-state index contributed by atoms with van der Waals surface area (Å²) >= 11 is 4.67. The summed E-state index contributed by atoms with van der Waals surface area (Å²) in [7, 11) is 0. The van der Waals surface area contributed by atoms with E-state index in [4.69, 9.17) is 4.42 Å². The second kappa shape index (κ2) is 6.77. The molecule has 4 aromatic rings. The molecule has 0 fully saturated rings. The van der Waals surface area contributed by atoms with Crippen molar-refractivity contribution in [2.45, 2.75) is 11.1 Å². The van der Waals surface area contributed by atoms with E-state index in [0.29, 0.717) is 22.0 Å². The van der Waals surface area contributed by atoms with Crippen LogP contribution in [0.25, 0.3) is 22.4 Å². The number of halogens is 1. The Morgan fingerprint density at radius 3 is 2.72 bits per heavy atom. The lowest BCUT2D eigenvalue weighted by molar-refractivity contribution is 0.463. The van der Waals surface area contributed by atoms with Crippen LogP contribution in [-0.2, 0) is 5.88 Å². The van der Waals surface area contributed by atoms with Crippen molar-refractivity contribution in [1.82, 2.24) is 25.2 Å². The Labute approximate surface area is 154 Å². The minimum Gasteiger partial charge on any atom is -0.411 e.